The summed E-state index contributed by atoms with van der Waals surface area (Å²) in [4.78, 5) is 0. The van der Waals surface area contributed by atoms with Gasteiger partial charge in [0, 0.05) is 7.05 Å². The standard InChI is InChI=1S/C12H26N3O3P/c1-9-10(15(8)14-13-9)19(16,17-11(2,3)4)18-12(5,6)7/h9-10H,1-8H3. The van der Waals surface area contributed by atoms with Crippen molar-refractivity contribution in [2.75, 3.05) is 7.05 Å². The summed E-state index contributed by atoms with van der Waals surface area (Å²) in [5.41, 5.74) is -1.13. The Hall–Kier alpha value is -0.450. The fourth-order valence-corrected chi connectivity index (χ4v) is 4.77. The molecule has 0 saturated carbocycles. The maximum absolute atomic E-state index is 13.3. The first kappa shape index (κ1) is 16.6. The molecule has 0 aromatic heterocycles. The van der Waals surface area contributed by atoms with E-state index in [4.69, 9.17) is 9.05 Å². The van der Waals surface area contributed by atoms with E-state index in [-0.39, 0.29) is 6.04 Å². The summed E-state index contributed by atoms with van der Waals surface area (Å²) in [7, 11) is -1.65. The van der Waals surface area contributed by atoms with Crippen LogP contribution in [0.5, 0.6) is 0 Å². The number of rotatable bonds is 3. The Morgan fingerprint density at radius 1 is 1.05 bits per heavy atom. The molecule has 0 fully saturated rings. The zero-order valence-corrected chi connectivity index (χ0v) is 14.1. The molecule has 0 saturated heterocycles. The first-order chi connectivity index (χ1) is 8.34. The van der Waals surface area contributed by atoms with Gasteiger partial charge in [0.1, 0.15) is 6.04 Å². The zero-order valence-electron chi connectivity index (χ0n) is 13.2. The topological polar surface area (TPSA) is 63.5 Å². The zero-order chi connectivity index (χ0) is 15.1. The van der Waals surface area contributed by atoms with Gasteiger partial charge in [-0.1, -0.05) is 5.22 Å². The molecule has 19 heavy (non-hydrogen) atoms. The van der Waals surface area contributed by atoms with Crippen molar-refractivity contribution in [1.29, 1.82) is 0 Å². The average Bonchev–Trinajstić information content (AvgIpc) is 2.38. The summed E-state index contributed by atoms with van der Waals surface area (Å²) in [5.74, 6) is -0.481. The smallest absolute Gasteiger partial charge is 0.301 e. The first-order valence-corrected chi connectivity index (χ1v) is 8.10. The highest BCUT2D eigenvalue weighted by molar-refractivity contribution is 7.54. The van der Waals surface area contributed by atoms with Crippen molar-refractivity contribution in [3.8, 4) is 0 Å². The minimum absolute atomic E-state index is 0.222. The minimum atomic E-state index is -3.38. The summed E-state index contributed by atoms with van der Waals surface area (Å²) >= 11 is 0. The molecule has 0 N–H and O–H groups in total. The van der Waals surface area contributed by atoms with Crippen molar-refractivity contribution in [3.05, 3.63) is 0 Å². The third-order valence-electron chi connectivity index (χ3n) is 2.32. The van der Waals surface area contributed by atoms with Crippen molar-refractivity contribution in [2.24, 2.45) is 10.3 Å². The molecule has 0 aromatic rings. The molecule has 0 spiro atoms. The van der Waals surface area contributed by atoms with Crippen LogP contribution in [0.3, 0.4) is 0 Å². The molecule has 1 rings (SSSR count). The second-order valence-electron chi connectivity index (χ2n) is 6.88. The molecule has 2 atom stereocenters. The van der Waals surface area contributed by atoms with Crippen LogP contribution in [0.4, 0.5) is 0 Å². The number of likely N-dealkylation sites (N-methyl/N-ethyl adjacent to an activating group) is 1. The molecule has 7 heteroatoms. The highest BCUT2D eigenvalue weighted by Gasteiger charge is 2.49. The van der Waals surface area contributed by atoms with Gasteiger partial charge in [0.2, 0.25) is 0 Å². The van der Waals surface area contributed by atoms with Gasteiger partial charge < -0.3 is 9.05 Å². The van der Waals surface area contributed by atoms with Crippen molar-refractivity contribution < 1.29 is 13.6 Å². The molecule has 112 valence electrons. The average molecular weight is 291 g/mol. The van der Waals surface area contributed by atoms with Crippen molar-refractivity contribution in [2.45, 2.75) is 71.5 Å². The fraction of sp³-hybridized carbons (Fsp3) is 1.00. The van der Waals surface area contributed by atoms with Crippen molar-refractivity contribution >= 4 is 7.60 Å². The van der Waals surface area contributed by atoms with Gasteiger partial charge in [-0.2, -0.15) is 5.11 Å². The van der Waals surface area contributed by atoms with Crippen LogP contribution in [0.15, 0.2) is 10.3 Å². The van der Waals surface area contributed by atoms with Gasteiger partial charge in [0.15, 0.2) is 5.78 Å². The Balaban J connectivity index is 3.09. The van der Waals surface area contributed by atoms with E-state index >= 15 is 0 Å². The predicted octanol–water partition coefficient (Wildman–Crippen LogP) is 3.84. The van der Waals surface area contributed by atoms with Crippen LogP contribution in [0.2, 0.25) is 0 Å². The molecule has 6 nitrogen and oxygen atoms in total. The number of hydrogen-bond acceptors (Lipinski definition) is 6. The normalized spacial score (nSPS) is 25.2. The lowest BCUT2D eigenvalue weighted by atomic mass is 10.2. The molecule has 1 heterocycles. The third kappa shape index (κ3) is 4.55. The second-order valence-corrected chi connectivity index (χ2v) is 8.85. The molecule has 0 radical (unpaired) electrons. The molecule has 0 bridgehead atoms. The first-order valence-electron chi connectivity index (χ1n) is 6.49. The molecule has 1 aliphatic rings. The van der Waals surface area contributed by atoms with E-state index in [0.29, 0.717) is 0 Å². The Labute approximate surface area is 116 Å². The molecule has 2 unspecified atom stereocenters. The maximum atomic E-state index is 13.3. The van der Waals surface area contributed by atoms with E-state index in [1.165, 1.54) is 0 Å². The van der Waals surface area contributed by atoms with Crippen LogP contribution in [0, 0.1) is 0 Å². The predicted molar refractivity (Wildman–Crippen MR) is 75.2 cm³/mol. The largest absolute Gasteiger partial charge is 0.357 e. The lowest BCUT2D eigenvalue weighted by Gasteiger charge is -2.37. The SMILES string of the molecule is CC1N=NN(C)C1P(=O)(OC(C)(C)C)OC(C)(C)C. The number of hydrogen-bond donors (Lipinski definition) is 0. The molecule has 1 aliphatic heterocycles. The summed E-state index contributed by atoms with van der Waals surface area (Å²) in [5, 5.41) is 9.57. The Kier molecular flexibility index (Phi) is 4.50. The Bertz CT molecular complexity index is 366. The van der Waals surface area contributed by atoms with Crippen molar-refractivity contribution in [1.82, 2.24) is 5.01 Å². The van der Waals surface area contributed by atoms with E-state index < -0.39 is 24.6 Å². The Morgan fingerprint density at radius 3 is 1.74 bits per heavy atom. The molecule has 0 amide bonds. The van der Waals surface area contributed by atoms with Crippen LogP contribution in [-0.4, -0.2) is 35.1 Å². The van der Waals surface area contributed by atoms with Gasteiger partial charge in [-0.05, 0) is 48.5 Å². The maximum Gasteiger partial charge on any atom is 0.357 e. The van der Waals surface area contributed by atoms with Crippen LogP contribution >= 0.6 is 7.60 Å². The lowest BCUT2D eigenvalue weighted by molar-refractivity contribution is 0.0370. The van der Waals surface area contributed by atoms with Gasteiger partial charge in [-0.15, -0.1) is 0 Å². The summed E-state index contributed by atoms with van der Waals surface area (Å²) < 4.78 is 24.9. The Morgan fingerprint density at radius 2 is 1.47 bits per heavy atom. The van der Waals surface area contributed by atoms with Gasteiger partial charge in [0.05, 0.1) is 11.2 Å². The molecular weight excluding hydrogens is 265 g/mol. The van der Waals surface area contributed by atoms with Gasteiger partial charge in [-0.3, -0.25) is 9.57 Å². The molecule has 0 aromatic carbocycles. The van der Waals surface area contributed by atoms with Gasteiger partial charge in [-0.25, -0.2) is 0 Å². The van der Waals surface area contributed by atoms with Crippen LogP contribution < -0.4 is 0 Å². The van der Waals surface area contributed by atoms with E-state index in [0.717, 1.165) is 0 Å². The molecule has 0 aliphatic carbocycles. The number of nitrogens with zero attached hydrogens (tertiary/aromatic N) is 3. The van der Waals surface area contributed by atoms with Crippen LogP contribution in [0.1, 0.15) is 48.5 Å². The lowest BCUT2D eigenvalue weighted by Crippen LogP contribution is -2.37. The van der Waals surface area contributed by atoms with Crippen molar-refractivity contribution in [3.63, 3.8) is 0 Å². The third-order valence-corrected chi connectivity index (χ3v) is 5.33. The van der Waals surface area contributed by atoms with E-state index in [1.807, 2.05) is 48.5 Å². The highest BCUT2D eigenvalue weighted by Crippen LogP contribution is 2.61. The van der Waals surface area contributed by atoms with Crippen LogP contribution in [-0.2, 0) is 13.6 Å². The monoisotopic (exact) mass is 291 g/mol. The van der Waals surface area contributed by atoms with E-state index in [1.54, 1.807) is 12.1 Å². The minimum Gasteiger partial charge on any atom is -0.301 e. The summed E-state index contributed by atoms with van der Waals surface area (Å²) in [6.07, 6.45) is 0. The summed E-state index contributed by atoms with van der Waals surface area (Å²) in [6.45, 7) is 13.0. The van der Waals surface area contributed by atoms with E-state index in [2.05, 4.69) is 10.3 Å². The van der Waals surface area contributed by atoms with Crippen LogP contribution in [0.25, 0.3) is 0 Å². The van der Waals surface area contributed by atoms with Gasteiger partial charge in [0.25, 0.3) is 0 Å². The fourth-order valence-electron chi connectivity index (χ4n) is 1.95. The second kappa shape index (κ2) is 5.15. The van der Waals surface area contributed by atoms with E-state index in [9.17, 15) is 4.57 Å². The highest BCUT2D eigenvalue weighted by atomic mass is 31.2. The summed E-state index contributed by atoms with van der Waals surface area (Å²) in [6, 6.07) is -0.222. The molecular formula is C12H26N3O3P. The van der Waals surface area contributed by atoms with Gasteiger partial charge >= 0.3 is 7.60 Å². The quantitative estimate of drug-likeness (QED) is 0.741.